The maximum atomic E-state index is 12.7. The molecule has 122 valence electrons. The van der Waals surface area contributed by atoms with Crippen molar-refractivity contribution in [3.8, 4) is 0 Å². The zero-order valence-corrected chi connectivity index (χ0v) is 13.7. The number of esters is 1. The molecule has 2 fully saturated rings. The molecule has 2 unspecified atom stereocenters. The topological polar surface area (TPSA) is 79.0 Å². The van der Waals surface area contributed by atoms with Crippen LogP contribution in [-0.4, -0.2) is 68.4 Å². The molecule has 0 aromatic carbocycles. The van der Waals surface area contributed by atoms with Crippen LogP contribution in [0.3, 0.4) is 0 Å². The summed E-state index contributed by atoms with van der Waals surface area (Å²) in [4.78, 5) is 11.5. The van der Waals surface area contributed by atoms with E-state index in [9.17, 15) is 13.2 Å². The van der Waals surface area contributed by atoms with E-state index in [2.05, 4.69) is 5.32 Å². The number of hydrogen-bond donors (Lipinski definition) is 1. The molecule has 2 aliphatic rings. The Bertz CT molecular complexity index is 464. The van der Waals surface area contributed by atoms with Gasteiger partial charge in [-0.15, -0.1) is 0 Å². The van der Waals surface area contributed by atoms with Gasteiger partial charge in [0.15, 0.2) is 0 Å². The lowest BCUT2D eigenvalue weighted by atomic mass is 9.99. The summed E-state index contributed by atoms with van der Waals surface area (Å²) in [5.74, 6) is -0.418. The molecule has 8 heteroatoms. The SMILES string of the molecule is COC(=O)C1CCN(S(=O)(=O)N2CC(C)NC(C)C2)CC1. The van der Waals surface area contributed by atoms with Crippen LogP contribution in [0.25, 0.3) is 0 Å². The van der Waals surface area contributed by atoms with Crippen molar-refractivity contribution in [1.82, 2.24) is 13.9 Å². The maximum Gasteiger partial charge on any atom is 0.308 e. The highest BCUT2D eigenvalue weighted by atomic mass is 32.2. The van der Waals surface area contributed by atoms with E-state index in [-0.39, 0.29) is 24.0 Å². The Morgan fingerprint density at radius 3 is 2.10 bits per heavy atom. The molecular formula is C13H25N3O4S. The fourth-order valence-electron chi connectivity index (χ4n) is 3.12. The van der Waals surface area contributed by atoms with Crippen LogP contribution in [0.15, 0.2) is 0 Å². The van der Waals surface area contributed by atoms with Gasteiger partial charge < -0.3 is 10.1 Å². The van der Waals surface area contributed by atoms with Crippen molar-refractivity contribution >= 4 is 16.2 Å². The third-order valence-corrected chi connectivity index (χ3v) is 6.13. The molecule has 2 rings (SSSR count). The average Bonchev–Trinajstić information content (AvgIpc) is 2.45. The van der Waals surface area contributed by atoms with Crippen LogP contribution < -0.4 is 5.32 Å². The van der Waals surface area contributed by atoms with Gasteiger partial charge in [0.25, 0.3) is 10.2 Å². The first-order valence-electron chi connectivity index (χ1n) is 7.43. The number of piperidine rings is 1. The van der Waals surface area contributed by atoms with Crippen molar-refractivity contribution in [3.63, 3.8) is 0 Å². The number of nitrogens with zero attached hydrogens (tertiary/aromatic N) is 2. The van der Waals surface area contributed by atoms with E-state index in [1.165, 1.54) is 11.4 Å². The maximum absolute atomic E-state index is 12.7. The van der Waals surface area contributed by atoms with Gasteiger partial charge in [-0.25, -0.2) is 0 Å². The minimum atomic E-state index is -3.43. The van der Waals surface area contributed by atoms with Crippen LogP contribution in [0.4, 0.5) is 0 Å². The van der Waals surface area contributed by atoms with Crippen molar-refractivity contribution in [2.24, 2.45) is 5.92 Å². The van der Waals surface area contributed by atoms with E-state index in [1.54, 1.807) is 4.31 Å². The molecule has 0 aliphatic carbocycles. The van der Waals surface area contributed by atoms with Gasteiger partial charge in [-0.3, -0.25) is 4.79 Å². The quantitative estimate of drug-likeness (QED) is 0.729. The molecule has 2 saturated heterocycles. The van der Waals surface area contributed by atoms with E-state index in [4.69, 9.17) is 4.74 Å². The Balaban J connectivity index is 1.99. The van der Waals surface area contributed by atoms with Crippen molar-refractivity contribution in [3.05, 3.63) is 0 Å². The lowest BCUT2D eigenvalue weighted by molar-refractivity contribution is -0.146. The van der Waals surface area contributed by atoms with E-state index in [0.717, 1.165) is 0 Å². The third kappa shape index (κ3) is 3.74. The third-order valence-electron chi connectivity index (χ3n) is 4.17. The number of rotatable bonds is 3. The number of carbonyl (C=O) groups is 1. The zero-order chi connectivity index (χ0) is 15.6. The smallest absolute Gasteiger partial charge is 0.308 e. The lowest BCUT2D eigenvalue weighted by Gasteiger charge is -2.39. The molecule has 7 nitrogen and oxygen atoms in total. The predicted molar refractivity (Wildman–Crippen MR) is 78.9 cm³/mol. The zero-order valence-electron chi connectivity index (χ0n) is 12.9. The molecular weight excluding hydrogens is 294 g/mol. The van der Waals surface area contributed by atoms with Gasteiger partial charge in [0, 0.05) is 38.3 Å². The largest absolute Gasteiger partial charge is 0.469 e. The Morgan fingerprint density at radius 1 is 1.10 bits per heavy atom. The summed E-state index contributed by atoms with van der Waals surface area (Å²) in [6, 6.07) is 0.298. The van der Waals surface area contributed by atoms with Crippen molar-refractivity contribution in [1.29, 1.82) is 0 Å². The number of methoxy groups -OCH3 is 1. The molecule has 2 atom stereocenters. The molecule has 2 heterocycles. The minimum Gasteiger partial charge on any atom is -0.469 e. The summed E-state index contributed by atoms with van der Waals surface area (Å²) < 4.78 is 33.2. The van der Waals surface area contributed by atoms with Gasteiger partial charge in [0.2, 0.25) is 0 Å². The molecule has 0 radical (unpaired) electrons. The van der Waals surface area contributed by atoms with E-state index in [1.807, 2.05) is 13.8 Å². The number of nitrogens with one attached hydrogen (secondary N) is 1. The Morgan fingerprint density at radius 2 is 1.62 bits per heavy atom. The number of ether oxygens (including phenoxy) is 1. The van der Waals surface area contributed by atoms with Gasteiger partial charge in [-0.05, 0) is 26.7 Å². The molecule has 0 aromatic heterocycles. The number of piperazine rings is 1. The molecule has 0 aromatic rings. The average molecular weight is 319 g/mol. The van der Waals surface area contributed by atoms with E-state index in [0.29, 0.717) is 39.0 Å². The highest BCUT2D eigenvalue weighted by molar-refractivity contribution is 7.86. The molecule has 0 bridgehead atoms. The minimum absolute atomic E-state index is 0.149. The fourth-order valence-corrected chi connectivity index (χ4v) is 4.94. The van der Waals surface area contributed by atoms with Crippen LogP contribution >= 0.6 is 0 Å². The summed E-state index contributed by atoms with van der Waals surface area (Å²) in [6.07, 6.45) is 1.06. The Hall–Kier alpha value is -0.700. The second-order valence-corrected chi connectivity index (χ2v) is 7.92. The van der Waals surface area contributed by atoms with E-state index >= 15 is 0 Å². The molecule has 21 heavy (non-hydrogen) atoms. The van der Waals surface area contributed by atoms with Crippen molar-refractivity contribution in [2.75, 3.05) is 33.3 Å². The van der Waals surface area contributed by atoms with Gasteiger partial charge in [-0.1, -0.05) is 0 Å². The van der Waals surface area contributed by atoms with Gasteiger partial charge >= 0.3 is 5.97 Å². The highest BCUT2D eigenvalue weighted by Gasteiger charge is 2.37. The van der Waals surface area contributed by atoms with Crippen LogP contribution in [0.2, 0.25) is 0 Å². The monoisotopic (exact) mass is 319 g/mol. The van der Waals surface area contributed by atoms with Crippen molar-refractivity contribution in [2.45, 2.75) is 38.8 Å². The second-order valence-electron chi connectivity index (χ2n) is 5.99. The molecule has 1 N–H and O–H groups in total. The predicted octanol–water partition coefficient (Wildman–Crippen LogP) is -0.202. The van der Waals surface area contributed by atoms with Crippen LogP contribution in [0, 0.1) is 5.92 Å². The number of hydrogen-bond acceptors (Lipinski definition) is 5. The summed E-state index contributed by atoms with van der Waals surface area (Å²) in [6.45, 7) is 5.72. The fraction of sp³-hybridized carbons (Fsp3) is 0.923. The lowest BCUT2D eigenvalue weighted by Crippen LogP contribution is -2.59. The first kappa shape index (κ1) is 16.7. The van der Waals surface area contributed by atoms with Gasteiger partial charge in [-0.2, -0.15) is 17.0 Å². The summed E-state index contributed by atoms with van der Waals surface area (Å²) >= 11 is 0. The van der Waals surface area contributed by atoms with Gasteiger partial charge in [0.1, 0.15) is 0 Å². The standard InChI is InChI=1S/C13H25N3O4S/c1-10-8-16(9-11(2)14-10)21(18,19)15-6-4-12(5-7-15)13(17)20-3/h10-12,14H,4-9H2,1-3H3. The second kappa shape index (κ2) is 6.60. The first-order chi connectivity index (χ1) is 9.84. The first-order valence-corrected chi connectivity index (χ1v) is 8.83. The molecule has 2 aliphatic heterocycles. The van der Waals surface area contributed by atoms with Crippen LogP contribution in [0.1, 0.15) is 26.7 Å². The highest BCUT2D eigenvalue weighted by Crippen LogP contribution is 2.23. The summed E-state index contributed by atoms with van der Waals surface area (Å²) in [5, 5.41) is 3.33. The van der Waals surface area contributed by atoms with E-state index < -0.39 is 10.2 Å². The summed E-state index contributed by atoms with van der Waals surface area (Å²) in [7, 11) is -2.06. The van der Waals surface area contributed by atoms with Crippen molar-refractivity contribution < 1.29 is 17.9 Å². The Labute approximate surface area is 126 Å². The van der Waals surface area contributed by atoms with Crippen LogP contribution in [-0.2, 0) is 19.7 Å². The number of carbonyl (C=O) groups excluding carboxylic acids is 1. The molecule has 0 amide bonds. The summed E-state index contributed by atoms with van der Waals surface area (Å²) in [5.41, 5.74) is 0. The normalized spacial score (nSPS) is 30.2. The van der Waals surface area contributed by atoms with Crippen LogP contribution in [0.5, 0.6) is 0 Å². The molecule has 0 saturated carbocycles. The van der Waals surface area contributed by atoms with Gasteiger partial charge in [0.05, 0.1) is 13.0 Å². The Kier molecular flexibility index (Phi) is 5.24. The molecule has 0 spiro atoms.